The fraction of sp³-hybridized carbons (Fsp3) is 0.475. The summed E-state index contributed by atoms with van der Waals surface area (Å²) in [4.78, 5) is 61.8. The van der Waals surface area contributed by atoms with Gasteiger partial charge in [0.15, 0.2) is 19.8 Å². The monoisotopic (exact) mass is 741 g/mol. The zero-order valence-electron chi connectivity index (χ0n) is 31.4. The molecule has 282 valence electrons. The molecule has 6 rings (SSSR count). The van der Waals surface area contributed by atoms with Crippen molar-refractivity contribution in [2.24, 2.45) is 9.98 Å². The van der Waals surface area contributed by atoms with Gasteiger partial charge < -0.3 is 34.1 Å². The third-order valence-electron chi connectivity index (χ3n) is 9.94. The van der Waals surface area contributed by atoms with Crippen molar-refractivity contribution in [3.05, 3.63) is 64.5 Å². The number of aryl methyl sites for hydroxylation is 1. The summed E-state index contributed by atoms with van der Waals surface area (Å²) in [5.74, 6) is 1.54. The van der Waals surface area contributed by atoms with E-state index in [1.54, 1.807) is 35.3 Å². The normalized spacial score (nSPS) is 18.8. The van der Waals surface area contributed by atoms with E-state index in [2.05, 4.69) is 15.3 Å². The molecule has 3 amide bonds. The van der Waals surface area contributed by atoms with Crippen LogP contribution in [0.5, 0.6) is 17.2 Å². The van der Waals surface area contributed by atoms with Crippen molar-refractivity contribution < 1.29 is 33.4 Å². The standard InChI is InChI=1S/C40H51N5O7Si/c1-26-16-29-22-42-33-20-35(27(2)17-31(33)39(47)44(29)24-26)51-13-7-6-8-14-52-37-21-34-32(19-36(37)50-3)40(48)45-25-28(18-30(45)23-43-34)11-12-41-38(46)10-9-15-53(4,5)49/h17,19-25,29-30,49H,6-16,18H2,1-5H3,(H,41,46)/t29-,30-/m0/s1. The predicted molar refractivity (Wildman–Crippen MR) is 208 cm³/mol. The molecular formula is C40H51N5O7Si. The molecule has 0 spiro atoms. The minimum atomic E-state index is -2.14. The second-order valence-corrected chi connectivity index (χ2v) is 19.1. The number of rotatable bonds is 16. The van der Waals surface area contributed by atoms with Crippen molar-refractivity contribution >= 4 is 49.8 Å². The van der Waals surface area contributed by atoms with E-state index in [1.165, 1.54) is 5.57 Å². The van der Waals surface area contributed by atoms with Crippen LogP contribution in [0, 0.1) is 6.92 Å². The van der Waals surface area contributed by atoms with Crippen LogP contribution in [0.15, 0.2) is 57.8 Å². The predicted octanol–water partition coefficient (Wildman–Crippen LogP) is 6.76. The molecule has 4 heterocycles. The SMILES string of the molecule is COc1cc2c(cc1OCCCCCOc1cc3c(cc1C)C(=O)N1C=C(C)C[C@H]1C=N3)N=C[C@@H]1CC(CCNC(=O)CCC[Si](C)(C)O)=CN1C2=O. The Kier molecular flexibility index (Phi) is 11.8. The minimum absolute atomic E-state index is 0.0154. The number of ether oxygens (including phenoxy) is 3. The number of nitrogens with zero attached hydrogens (tertiary/aromatic N) is 4. The van der Waals surface area contributed by atoms with E-state index < -0.39 is 8.32 Å². The summed E-state index contributed by atoms with van der Waals surface area (Å²) in [6, 6.07) is 7.69. The highest BCUT2D eigenvalue weighted by Crippen LogP contribution is 2.39. The first-order valence-corrected chi connectivity index (χ1v) is 21.8. The summed E-state index contributed by atoms with van der Waals surface area (Å²) in [5, 5.41) is 2.96. The summed E-state index contributed by atoms with van der Waals surface area (Å²) in [6.45, 7) is 9.23. The van der Waals surface area contributed by atoms with Gasteiger partial charge >= 0.3 is 0 Å². The lowest BCUT2D eigenvalue weighted by molar-refractivity contribution is -0.121. The van der Waals surface area contributed by atoms with E-state index in [1.807, 2.05) is 57.7 Å². The smallest absolute Gasteiger partial charge is 0.260 e. The largest absolute Gasteiger partial charge is 0.493 e. The van der Waals surface area contributed by atoms with Gasteiger partial charge in [0.2, 0.25) is 5.91 Å². The van der Waals surface area contributed by atoms with Crippen LogP contribution < -0.4 is 19.5 Å². The van der Waals surface area contributed by atoms with Crippen LogP contribution in [0.4, 0.5) is 11.4 Å². The topological polar surface area (TPSA) is 142 Å². The van der Waals surface area contributed by atoms with E-state index in [0.717, 1.165) is 42.6 Å². The molecule has 0 aliphatic carbocycles. The summed E-state index contributed by atoms with van der Waals surface area (Å²) < 4.78 is 17.8. The maximum absolute atomic E-state index is 13.6. The van der Waals surface area contributed by atoms with Crippen LogP contribution in [0.1, 0.15) is 84.6 Å². The Labute approximate surface area is 312 Å². The first-order chi connectivity index (χ1) is 25.4. The Balaban J connectivity index is 0.956. The molecule has 0 unspecified atom stereocenters. The van der Waals surface area contributed by atoms with Gasteiger partial charge in [0.05, 0.1) is 54.9 Å². The second-order valence-electron chi connectivity index (χ2n) is 15.0. The molecule has 0 bridgehead atoms. The highest BCUT2D eigenvalue weighted by atomic mass is 28.4. The fourth-order valence-corrected chi connectivity index (χ4v) is 8.10. The van der Waals surface area contributed by atoms with Crippen molar-refractivity contribution in [3.63, 3.8) is 0 Å². The number of hydrogen-bond donors (Lipinski definition) is 2. The summed E-state index contributed by atoms with van der Waals surface area (Å²) in [7, 11) is -0.583. The Morgan fingerprint density at radius 2 is 1.47 bits per heavy atom. The summed E-state index contributed by atoms with van der Waals surface area (Å²) >= 11 is 0. The molecule has 0 aromatic heterocycles. The summed E-state index contributed by atoms with van der Waals surface area (Å²) in [5.41, 5.74) is 5.37. The molecule has 0 saturated carbocycles. The maximum Gasteiger partial charge on any atom is 0.260 e. The van der Waals surface area contributed by atoms with Gasteiger partial charge in [0.1, 0.15) is 5.75 Å². The van der Waals surface area contributed by atoms with E-state index >= 15 is 0 Å². The zero-order chi connectivity index (χ0) is 37.7. The number of methoxy groups -OCH3 is 1. The number of benzene rings is 2. The first kappa shape index (κ1) is 38.0. The molecule has 2 atom stereocenters. The van der Waals surface area contributed by atoms with Gasteiger partial charge in [-0.1, -0.05) is 5.57 Å². The van der Waals surface area contributed by atoms with Gasteiger partial charge in [0, 0.05) is 49.9 Å². The molecule has 0 radical (unpaired) electrons. The first-order valence-electron chi connectivity index (χ1n) is 18.6. The molecule has 12 nitrogen and oxygen atoms in total. The molecule has 0 fully saturated rings. The number of hydrogen-bond acceptors (Lipinski definition) is 9. The number of aliphatic imine (C=N–C) groups is 2. The lowest BCUT2D eigenvalue weighted by atomic mass is 10.1. The zero-order valence-corrected chi connectivity index (χ0v) is 32.4. The van der Waals surface area contributed by atoms with Crippen molar-refractivity contribution in [2.45, 2.75) is 96.4 Å². The third-order valence-corrected chi connectivity index (χ3v) is 11.5. The van der Waals surface area contributed by atoms with E-state index in [-0.39, 0.29) is 29.8 Å². The Morgan fingerprint density at radius 3 is 2.15 bits per heavy atom. The van der Waals surface area contributed by atoms with Crippen LogP contribution in [0.2, 0.25) is 19.1 Å². The molecule has 2 N–H and O–H groups in total. The highest BCUT2D eigenvalue weighted by molar-refractivity contribution is 6.69. The van der Waals surface area contributed by atoms with Crippen molar-refractivity contribution in [3.8, 4) is 17.2 Å². The van der Waals surface area contributed by atoms with E-state index in [0.29, 0.717) is 85.5 Å². The average molecular weight is 742 g/mol. The highest BCUT2D eigenvalue weighted by Gasteiger charge is 2.34. The molecule has 0 saturated heterocycles. The fourth-order valence-electron chi connectivity index (χ4n) is 7.06. The molecule has 2 aromatic carbocycles. The molecule has 13 heteroatoms. The van der Waals surface area contributed by atoms with Crippen LogP contribution in [0.25, 0.3) is 0 Å². The van der Waals surface area contributed by atoms with Gasteiger partial charge in [-0.2, -0.15) is 0 Å². The Hall–Kier alpha value is -4.75. The lowest BCUT2D eigenvalue weighted by Crippen LogP contribution is -2.32. The molecule has 2 aromatic rings. The number of carbonyl (C=O) groups excluding carboxylic acids is 3. The minimum Gasteiger partial charge on any atom is -0.493 e. The number of amides is 3. The molecular weight excluding hydrogens is 691 g/mol. The van der Waals surface area contributed by atoms with Crippen molar-refractivity contribution in [1.82, 2.24) is 15.1 Å². The Morgan fingerprint density at radius 1 is 0.849 bits per heavy atom. The number of nitrogens with one attached hydrogen (secondary N) is 1. The molecule has 53 heavy (non-hydrogen) atoms. The van der Waals surface area contributed by atoms with Crippen LogP contribution in [-0.2, 0) is 4.79 Å². The third kappa shape index (κ3) is 9.25. The number of carbonyl (C=O) groups is 3. The number of unbranched alkanes of at least 4 members (excludes halogenated alkanes) is 2. The van der Waals surface area contributed by atoms with E-state index in [9.17, 15) is 19.2 Å². The second kappa shape index (κ2) is 16.5. The van der Waals surface area contributed by atoms with Crippen LogP contribution in [-0.4, -0.2) is 92.0 Å². The van der Waals surface area contributed by atoms with E-state index in [4.69, 9.17) is 14.2 Å². The molecule has 4 aliphatic heterocycles. The van der Waals surface area contributed by atoms with Crippen LogP contribution >= 0.6 is 0 Å². The maximum atomic E-state index is 13.6. The molecule has 4 aliphatic rings. The van der Waals surface area contributed by atoms with Gasteiger partial charge in [-0.15, -0.1) is 0 Å². The Bertz CT molecular complexity index is 1860. The van der Waals surface area contributed by atoms with Gasteiger partial charge in [-0.05, 0) is 101 Å². The van der Waals surface area contributed by atoms with Gasteiger partial charge in [-0.3, -0.25) is 24.4 Å². The summed E-state index contributed by atoms with van der Waals surface area (Å²) in [6.07, 6.45) is 13.2. The number of fused-ring (bicyclic) bond motifs is 4. The van der Waals surface area contributed by atoms with Crippen molar-refractivity contribution in [2.75, 3.05) is 26.9 Å². The lowest BCUT2D eigenvalue weighted by Gasteiger charge is -2.19. The average Bonchev–Trinajstić information content (AvgIpc) is 3.64. The van der Waals surface area contributed by atoms with Gasteiger partial charge in [0.25, 0.3) is 11.8 Å². The van der Waals surface area contributed by atoms with Crippen molar-refractivity contribution in [1.29, 1.82) is 0 Å². The quantitative estimate of drug-likeness (QED) is 0.143. The van der Waals surface area contributed by atoms with Gasteiger partial charge in [-0.25, -0.2) is 0 Å². The van der Waals surface area contributed by atoms with Crippen LogP contribution in [0.3, 0.4) is 0 Å².